The third-order valence-electron chi connectivity index (χ3n) is 5.71. The number of ether oxygens (including phenoxy) is 1. The number of rotatable bonds is 21. The normalized spacial score (nSPS) is 12.7. The van der Waals surface area contributed by atoms with Gasteiger partial charge in [-0.3, -0.25) is 9.59 Å². The van der Waals surface area contributed by atoms with Crippen molar-refractivity contribution < 1.29 is 34.8 Å². The number of carbonyl (C=O) groups is 2. The Bertz CT molecular complexity index is 427. The Kier molecular flexibility index (Phi) is 17.8. The molecule has 0 saturated heterocycles. The highest BCUT2D eigenvalue weighted by atomic mass is 16.5. The molecule has 0 aliphatic rings. The molecular formula is C23H44O7. The summed E-state index contributed by atoms with van der Waals surface area (Å²) in [7, 11) is 0. The maximum atomic E-state index is 12.6. The van der Waals surface area contributed by atoms with Gasteiger partial charge in [-0.25, -0.2) is 0 Å². The van der Waals surface area contributed by atoms with Crippen LogP contribution in [-0.2, 0) is 14.3 Å². The summed E-state index contributed by atoms with van der Waals surface area (Å²) >= 11 is 0. The zero-order valence-corrected chi connectivity index (χ0v) is 18.8. The molecule has 0 aromatic heterocycles. The molecule has 30 heavy (non-hydrogen) atoms. The van der Waals surface area contributed by atoms with Crippen LogP contribution in [-0.4, -0.2) is 58.8 Å². The maximum Gasteiger partial charge on any atom is 0.308 e. The number of esters is 1. The smallest absolute Gasteiger partial charge is 0.308 e. The Morgan fingerprint density at radius 2 is 1.23 bits per heavy atom. The molecule has 0 radical (unpaired) electrons. The van der Waals surface area contributed by atoms with E-state index < -0.39 is 31.2 Å². The molecule has 0 aromatic carbocycles. The highest BCUT2D eigenvalue weighted by Crippen LogP contribution is 2.23. The van der Waals surface area contributed by atoms with Crippen LogP contribution in [0.4, 0.5) is 0 Å². The lowest BCUT2D eigenvalue weighted by molar-refractivity contribution is -0.156. The van der Waals surface area contributed by atoms with Crippen LogP contribution in [0.3, 0.4) is 0 Å². The Morgan fingerprint density at radius 3 is 1.70 bits per heavy atom. The van der Waals surface area contributed by atoms with Gasteiger partial charge in [0, 0.05) is 6.42 Å². The average molecular weight is 433 g/mol. The van der Waals surface area contributed by atoms with E-state index >= 15 is 0 Å². The third kappa shape index (κ3) is 13.9. The van der Waals surface area contributed by atoms with Crippen molar-refractivity contribution in [1.82, 2.24) is 0 Å². The minimum absolute atomic E-state index is 0.197. The van der Waals surface area contributed by atoms with Crippen molar-refractivity contribution in [2.24, 2.45) is 11.3 Å². The highest BCUT2D eigenvalue weighted by molar-refractivity contribution is 5.72. The van der Waals surface area contributed by atoms with Crippen molar-refractivity contribution in [3.63, 3.8) is 0 Å². The van der Waals surface area contributed by atoms with Gasteiger partial charge in [-0.05, 0) is 19.3 Å². The highest BCUT2D eigenvalue weighted by Gasteiger charge is 2.31. The van der Waals surface area contributed by atoms with E-state index in [0.717, 1.165) is 51.4 Å². The summed E-state index contributed by atoms with van der Waals surface area (Å²) in [5, 5.41) is 36.9. The Labute approximate surface area is 181 Å². The fourth-order valence-corrected chi connectivity index (χ4v) is 3.38. The minimum Gasteiger partial charge on any atom is -0.481 e. The fourth-order valence-electron chi connectivity index (χ4n) is 3.38. The lowest BCUT2D eigenvalue weighted by Gasteiger charge is -2.27. The molecule has 1 unspecified atom stereocenters. The molecule has 0 aliphatic carbocycles. The summed E-state index contributed by atoms with van der Waals surface area (Å²) in [5.41, 5.74) is -1.20. The van der Waals surface area contributed by atoms with Gasteiger partial charge in [0.15, 0.2) is 0 Å². The van der Waals surface area contributed by atoms with E-state index in [1.165, 1.54) is 25.7 Å². The largest absolute Gasteiger partial charge is 0.481 e. The third-order valence-corrected chi connectivity index (χ3v) is 5.71. The van der Waals surface area contributed by atoms with E-state index in [-0.39, 0.29) is 24.9 Å². The van der Waals surface area contributed by atoms with Crippen molar-refractivity contribution in [2.45, 2.75) is 96.8 Å². The number of aliphatic hydroxyl groups excluding tert-OH is 3. The molecule has 7 nitrogen and oxygen atoms in total. The van der Waals surface area contributed by atoms with Gasteiger partial charge < -0.3 is 25.2 Å². The van der Waals surface area contributed by atoms with Crippen LogP contribution in [0.5, 0.6) is 0 Å². The first-order valence-electron chi connectivity index (χ1n) is 11.7. The van der Waals surface area contributed by atoms with Gasteiger partial charge in [-0.1, -0.05) is 71.1 Å². The molecule has 1 atom stereocenters. The van der Waals surface area contributed by atoms with Gasteiger partial charge in [-0.15, -0.1) is 0 Å². The van der Waals surface area contributed by atoms with Gasteiger partial charge in [-0.2, -0.15) is 0 Å². The second kappa shape index (κ2) is 18.6. The van der Waals surface area contributed by atoms with Gasteiger partial charge in [0.1, 0.15) is 6.61 Å². The molecule has 0 spiro atoms. The molecule has 0 bridgehead atoms. The van der Waals surface area contributed by atoms with Crippen LogP contribution in [0.15, 0.2) is 0 Å². The molecule has 0 fully saturated rings. The molecule has 7 heteroatoms. The number of carbonyl (C=O) groups excluding carboxylic acids is 1. The van der Waals surface area contributed by atoms with Gasteiger partial charge in [0.25, 0.3) is 0 Å². The monoisotopic (exact) mass is 432 g/mol. The van der Waals surface area contributed by atoms with Crippen LogP contribution < -0.4 is 0 Å². The molecule has 4 N–H and O–H groups in total. The Balaban J connectivity index is 4.43. The summed E-state index contributed by atoms with van der Waals surface area (Å²) in [4.78, 5) is 23.1. The second-order valence-electron chi connectivity index (χ2n) is 8.54. The van der Waals surface area contributed by atoms with Crippen molar-refractivity contribution >= 4 is 11.9 Å². The number of carboxylic acid groups (broad SMARTS) is 1. The molecule has 0 heterocycles. The summed E-state index contributed by atoms with van der Waals surface area (Å²) in [6, 6.07) is 0. The van der Waals surface area contributed by atoms with Crippen molar-refractivity contribution in [3.8, 4) is 0 Å². The number of unbranched alkanes of at least 4 members (excludes halogenated alkanes) is 9. The number of hydrogen-bond acceptors (Lipinski definition) is 6. The molecular weight excluding hydrogens is 388 g/mol. The van der Waals surface area contributed by atoms with E-state index in [9.17, 15) is 24.9 Å². The minimum atomic E-state index is -1.20. The van der Waals surface area contributed by atoms with Crippen LogP contribution in [0.1, 0.15) is 96.8 Å². The average Bonchev–Trinajstić information content (AvgIpc) is 2.74. The molecule has 178 valence electrons. The lowest BCUT2D eigenvalue weighted by atomic mass is 9.92. The van der Waals surface area contributed by atoms with E-state index in [2.05, 4.69) is 6.92 Å². The van der Waals surface area contributed by atoms with Crippen LogP contribution in [0.2, 0.25) is 0 Å². The van der Waals surface area contributed by atoms with Crippen molar-refractivity contribution in [3.05, 3.63) is 0 Å². The number of hydrogen-bond donors (Lipinski definition) is 4. The zero-order valence-electron chi connectivity index (χ0n) is 18.8. The fraction of sp³-hybridized carbons (Fsp3) is 0.913. The summed E-state index contributed by atoms with van der Waals surface area (Å²) in [6.07, 6.45) is 12.9. The quantitative estimate of drug-likeness (QED) is 0.161. The summed E-state index contributed by atoms with van der Waals surface area (Å²) in [6.45, 7) is 0.625. The van der Waals surface area contributed by atoms with Crippen molar-refractivity contribution in [2.75, 3.05) is 26.4 Å². The van der Waals surface area contributed by atoms with Crippen LogP contribution in [0, 0.1) is 11.3 Å². The topological polar surface area (TPSA) is 124 Å². The van der Waals surface area contributed by atoms with E-state index in [4.69, 9.17) is 9.84 Å². The molecule has 0 saturated carbocycles. The molecule has 0 aromatic rings. The number of aliphatic hydroxyl groups is 3. The molecule has 0 rings (SSSR count). The van der Waals surface area contributed by atoms with Crippen LogP contribution in [0.25, 0.3) is 0 Å². The first kappa shape index (κ1) is 28.8. The second-order valence-corrected chi connectivity index (χ2v) is 8.54. The SMILES string of the molecule is CCCCCCCCC(CCCCCCCC(=O)O)C(=O)OCC(CO)(CO)CO. The predicted molar refractivity (Wildman–Crippen MR) is 116 cm³/mol. The Morgan fingerprint density at radius 1 is 0.767 bits per heavy atom. The number of carboxylic acids is 1. The van der Waals surface area contributed by atoms with Crippen molar-refractivity contribution in [1.29, 1.82) is 0 Å². The van der Waals surface area contributed by atoms with E-state index in [0.29, 0.717) is 6.42 Å². The van der Waals surface area contributed by atoms with Gasteiger partial charge in [0.05, 0.1) is 31.2 Å². The first-order valence-corrected chi connectivity index (χ1v) is 11.7. The maximum absolute atomic E-state index is 12.6. The Hall–Kier alpha value is -1.18. The van der Waals surface area contributed by atoms with E-state index in [1.54, 1.807) is 0 Å². The summed E-state index contributed by atoms with van der Waals surface area (Å²) in [5.74, 6) is -1.31. The number of aliphatic carboxylic acids is 1. The standard InChI is InChI=1S/C23H44O7/c1-2-3-4-5-7-10-13-20(14-11-8-6-9-12-15-21(27)28)22(29)30-19-23(16-24,17-25)18-26/h20,24-26H,2-19H2,1H3,(H,27,28). The predicted octanol–water partition coefficient (Wildman–Crippen LogP) is 3.68. The lowest BCUT2D eigenvalue weighted by Crippen LogP contribution is -2.40. The summed E-state index contributed by atoms with van der Waals surface area (Å²) < 4.78 is 5.38. The van der Waals surface area contributed by atoms with Gasteiger partial charge >= 0.3 is 11.9 Å². The zero-order chi connectivity index (χ0) is 22.7. The first-order chi connectivity index (χ1) is 14.4. The molecule has 0 aliphatic heterocycles. The van der Waals surface area contributed by atoms with E-state index in [1.807, 2.05) is 0 Å². The van der Waals surface area contributed by atoms with Gasteiger partial charge in [0.2, 0.25) is 0 Å². The molecule has 0 amide bonds. The van der Waals surface area contributed by atoms with Crippen LogP contribution >= 0.6 is 0 Å².